The Labute approximate surface area is 119 Å². The summed E-state index contributed by atoms with van der Waals surface area (Å²) in [4.78, 5) is 25.2. The van der Waals surface area contributed by atoms with Gasteiger partial charge in [0.2, 0.25) is 11.8 Å². The maximum absolute atomic E-state index is 12.1. The van der Waals surface area contributed by atoms with Gasteiger partial charge in [-0.2, -0.15) is 5.10 Å². The van der Waals surface area contributed by atoms with Gasteiger partial charge in [-0.3, -0.25) is 19.2 Å². The molecule has 1 aromatic rings. The zero-order valence-electron chi connectivity index (χ0n) is 12.3. The summed E-state index contributed by atoms with van der Waals surface area (Å²) in [5.74, 6) is -0.171. The quantitative estimate of drug-likeness (QED) is 0.774. The van der Waals surface area contributed by atoms with Gasteiger partial charge in [0.05, 0.1) is 18.2 Å². The monoisotopic (exact) mass is 278 g/mol. The molecular weight excluding hydrogens is 256 g/mol. The lowest BCUT2D eigenvalue weighted by atomic mass is 10.2. The number of carbonyl (C=O) groups is 2. The van der Waals surface area contributed by atoms with Crippen LogP contribution in [0.3, 0.4) is 0 Å². The molecule has 1 aromatic heterocycles. The average molecular weight is 278 g/mol. The van der Waals surface area contributed by atoms with Crippen LogP contribution in [0.15, 0.2) is 6.20 Å². The number of likely N-dealkylation sites (tertiary alicyclic amines) is 1. The number of hydrogen-bond donors (Lipinski definition) is 1. The summed E-state index contributed by atoms with van der Waals surface area (Å²) in [5, 5.41) is 7.56. The standard InChI is InChI=1S/C14H22N4O2/c1-4-6-18-13(19)7-12(14(18)20)15-8-10-9-17(3)16-11(10)5-2/h9,12,15H,4-8H2,1-3H3. The van der Waals surface area contributed by atoms with E-state index in [1.807, 2.05) is 20.2 Å². The number of aryl methyl sites for hydroxylation is 2. The van der Waals surface area contributed by atoms with E-state index in [0.717, 1.165) is 24.1 Å². The molecule has 1 N–H and O–H groups in total. The molecule has 6 heteroatoms. The largest absolute Gasteiger partial charge is 0.301 e. The van der Waals surface area contributed by atoms with Crippen molar-refractivity contribution in [2.75, 3.05) is 6.54 Å². The van der Waals surface area contributed by atoms with Crippen LogP contribution >= 0.6 is 0 Å². The molecule has 0 saturated carbocycles. The van der Waals surface area contributed by atoms with Crippen LogP contribution in [0.1, 0.15) is 37.9 Å². The molecule has 1 fully saturated rings. The van der Waals surface area contributed by atoms with Crippen LogP contribution in [0.4, 0.5) is 0 Å². The molecular formula is C14H22N4O2. The second kappa shape index (κ2) is 6.17. The Morgan fingerprint density at radius 2 is 2.15 bits per heavy atom. The van der Waals surface area contributed by atoms with Gasteiger partial charge < -0.3 is 5.32 Å². The second-order valence-corrected chi connectivity index (χ2v) is 5.15. The van der Waals surface area contributed by atoms with E-state index in [1.54, 1.807) is 4.68 Å². The Bertz CT molecular complexity index is 509. The third-order valence-electron chi connectivity index (χ3n) is 3.56. The molecule has 1 aliphatic rings. The van der Waals surface area contributed by atoms with Crippen LogP contribution in [0.2, 0.25) is 0 Å². The minimum atomic E-state index is -0.390. The third kappa shape index (κ3) is 2.90. The summed E-state index contributed by atoms with van der Waals surface area (Å²) < 4.78 is 1.78. The van der Waals surface area contributed by atoms with Crippen molar-refractivity contribution >= 4 is 11.8 Å². The fraction of sp³-hybridized carbons (Fsp3) is 0.643. The number of rotatable bonds is 6. The van der Waals surface area contributed by atoms with Gasteiger partial charge in [0.1, 0.15) is 0 Å². The first-order chi connectivity index (χ1) is 9.56. The van der Waals surface area contributed by atoms with E-state index in [1.165, 1.54) is 4.90 Å². The lowest BCUT2D eigenvalue weighted by Gasteiger charge is -2.14. The highest BCUT2D eigenvalue weighted by Gasteiger charge is 2.37. The van der Waals surface area contributed by atoms with Crippen LogP contribution in [0.25, 0.3) is 0 Å². The first-order valence-corrected chi connectivity index (χ1v) is 7.15. The number of imide groups is 1. The minimum absolute atomic E-state index is 0.0729. The summed E-state index contributed by atoms with van der Waals surface area (Å²) in [6, 6.07) is -0.390. The Hall–Kier alpha value is -1.69. The van der Waals surface area contributed by atoms with Gasteiger partial charge in [0.25, 0.3) is 0 Å². The highest BCUT2D eigenvalue weighted by atomic mass is 16.2. The predicted octanol–water partition coefficient (Wildman–Crippen LogP) is 0.610. The summed E-state index contributed by atoms with van der Waals surface area (Å²) in [5.41, 5.74) is 2.12. The average Bonchev–Trinajstić information content (AvgIpc) is 2.91. The number of hydrogen-bond acceptors (Lipinski definition) is 4. The molecule has 0 radical (unpaired) electrons. The normalized spacial score (nSPS) is 19.1. The molecule has 2 heterocycles. The Kier molecular flexibility index (Phi) is 4.54. The summed E-state index contributed by atoms with van der Waals surface area (Å²) in [6.07, 6.45) is 3.88. The summed E-state index contributed by atoms with van der Waals surface area (Å²) in [7, 11) is 1.88. The van der Waals surface area contributed by atoms with E-state index in [0.29, 0.717) is 13.1 Å². The number of nitrogens with zero attached hydrogens (tertiary/aromatic N) is 3. The number of nitrogens with one attached hydrogen (secondary N) is 1. The van der Waals surface area contributed by atoms with E-state index in [9.17, 15) is 9.59 Å². The first-order valence-electron chi connectivity index (χ1n) is 7.15. The molecule has 1 aliphatic heterocycles. The Morgan fingerprint density at radius 1 is 1.40 bits per heavy atom. The SMILES string of the molecule is CCCN1C(=O)CC(NCc2cn(C)nc2CC)C1=O. The number of carbonyl (C=O) groups excluding carboxylic acids is 2. The van der Waals surface area contributed by atoms with Gasteiger partial charge in [-0.25, -0.2) is 0 Å². The molecule has 0 bridgehead atoms. The molecule has 1 unspecified atom stereocenters. The van der Waals surface area contributed by atoms with Crippen molar-refractivity contribution in [1.82, 2.24) is 20.0 Å². The number of aromatic nitrogens is 2. The highest BCUT2D eigenvalue weighted by molar-refractivity contribution is 6.05. The predicted molar refractivity (Wildman–Crippen MR) is 74.8 cm³/mol. The molecule has 0 aliphatic carbocycles. The summed E-state index contributed by atoms with van der Waals surface area (Å²) >= 11 is 0. The van der Waals surface area contributed by atoms with Crippen molar-refractivity contribution in [2.24, 2.45) is 7.05 Å². The first kappa shape index (κ1) is 14.7. The van der Waals surface area contributed by atoms with Gasteiger partial charge >= 0.3 is 0 Å². The van der Waals surface area contributed by atoms with Crippen LogP contribution in [0.5, 0.6) is 0 Å². The highest BCUT2D eigenvalue weighted by Crippen LogP contribution is 2.15. The lowest BCUT2D eigenvalue weighted by molar-refractivity contribution is -0.138. The van der Waals surface area contributed by atoms with E-state index in [-0.39, 0.29) is 24.3 Å². The fourth-order valence-corrected chi connectivity index (χ4v) is 2.56. The maximum Gasteiger partial charge on any atom is 0.246 e. The van der Waals surface area contributed by atoms with E-state index >= 15 is 0 Å². The molecule has 1 atom stereocenters. The minimum Gasteiger partial charge on any atom is -0.301 e. The van der Waals surface area contributed by atoms with Gasteiger partial charge in [0, 0.05) is 31.9 Å². The van der Waals surface area contributed by atoms with Crippen molar-refractivity contribution in [3.63, 3.8) is 0 Å². The van der Waals surface area contributed by atoms with Crippen molar-refractivity contribution in [2.45, 2.75) is 45.7 Å². The maximum atomic E-state index is 12.1. The van der Waals surface area contributed by atoms with Crippen LogP contribution in [0, 0.1) is 0 Å². The van der Waals surface area contributed by atoms with Gasteiger partial charge in [-0.05, 0) is 12.8 Å². The molecule has 6 nitrogen and oxygen atoms in total. The van der Waals surface area contributed by atoms with Crippen molar-refractivity contribution in [3.8, 4) is 0 Å². The lowest BCUT2D eigenvalue weighted by Crippen LogP contribution is -2.38. The third-order valence-corrected chi connectivity index (χ3v) is 3.56. The topological polar surface area (TPSA) is 67.2 Å². The second-order valence-electron chi connectivity index (χ2n) is 5.15. The molecule has 20 heavy (non-hydrogen) atoms. The molecule has 1 saturated heterocycles. The smallest absolute Gasteiger partial charge is 0.246 e. The zero-order chi connectivity index (χ0) is 14.7. The molecule has 2 rings (SSSR count). The van der Waals surface area contributed by atoms with Gasteiger partial charge in [0.15, 0.2) is 0 Å². The van der Waals surface area contributed by atoms with E-state index in [2.05, 4.69) is 17.3 Å². The number of amides is 2. The van der Waals surface area contributed by atoms with Crippen LogP contribution < -0.4 is 5.32 Å². The van der Waals surface area contributed by atoms with Crippen LogP contribution in [-0.2, 0) is 29.6 Å². The van der Waals surface area contributed by atoms with E-state index < -0.39 is 0 Å². The molecule has 110 valence electrons. The van der Waals surface area contributed by atoms with Crippen molar-refractivity contribution < 1.29 is 9.59 Å². The van der Waals surface area contributed by atoms with Crippen molar-refractivity contribution in [1.29, 1.82) is 0 Å². The summed E-state index contributed by atoms with van der Waals surface area (Å²) in [6.45, 7) is 5.10. The zero-order valence-corrected chi connectivity index (χ0v) is 12.3. The molecule has 0 spiro atoms. The Morgan fingerprint density at radius 3 is 2.80 bits per heavy atom. The van der Waals surface area contributed by atoms with Gasteiger partial charge in [-0.1, -0.05) is 13.8 Å². The Balaban J connectivity index is 1.97. The molecule has 0 aromatic carbocycles. The molecule has 2 amide bonds. The van der Waals surface area contributed by atoms with E-state index in [4.69, 9.17) is 0 Å². The fourth-order valence-electron chi connectivity index (χ4n) is 2.56. The van der Waals surface area contributed by atoms with Crippen molar-refractivity contribution in [3.05, 3.63) is 17.5 Å². The van der Waals surface area contributed by atoms with Crippen LogP contribution in [-0.4, -0.2) is 39.1 Å². The van der Waals surface area contributed by atoms with Gasteiger partial charge in [-0.15, -0.1) is 0 Å².